The summed E-state index contributed by atoms with van der Waals surface area (Å²) in [5.41, 5.74) is 3.62. The number of nitrogens with zero attached hydrogens (tertiary/aromatic N) is 2. The van der Waals surface area contributed by atoms with Gasteiger partial charge in [-0.3, -0.25) is 9.52 Å². The molecule has 0 aliphatic carbocycles. The lowest BCUT2D eigenvalue weighted by Crippen LogP contribution is -2.34. The van der Waals surface area contributed by atoms with Crippen molar-refractivity contribution in [2.45, 2.75) is 59.3 Å². The van der Waals surface area contributed by atoms with E-state index in [1.807, 2.05) is 6.92 Å². The maximum Gasteiger partial charge on any atom is 0.229 e. The third-order valence-electron chi connectivity index (χ3n) is 6.43. The van der Waals surface area contributed by atoms with Crippen LogP contribution in [0, 0.1) is 25.6 Å². The van der Waals surface area contributed by atoms with Crippen LogP contribution in [-0.4, -0.2) is 38.5 Å². The number of hydrogen-bond acceptors (Lipinski definition) is 5. The molecule has 1 aliphatic heterocycles. The fourth-order valence-corrected chi connectivity index (χ4v) is 4.93. The molecule has 1 saturated heterocycles. The second kappa shape index (κ2) is 10.2. The van der Waals surface area contributed by atoms with Gasteiger partial charge in [-0.15, -0.1) is 0 Å². The van der Waals surface area contributed by atoms with Crippen LogP contribution >= 0.6 is 0 Å². The quantitative estimate of drug-likeness (QED) is 0.596. The molecular weight excluding hydrogens is 441 g/mol. The number of anilines is 2. The number of pyridine rings is 1. The normalized spacial score (nSPS) is 16.0. The van der Waals surface area contributed by atoms with Crippen LogP contribution in [0.1, 0.15) is 61.4 Å². The zero-order chi connectivity index (χ0) is 24.3. The number of nitrogens with one attached hydrogen (secondary N) is 1. The molecule has 33 heavy (non-hydrogen) atoms. The molecule has 0 amide bonds. The second-order valence-electron chi connectivity index (χ2n) is 9.35. The predicted molar refractivity (Wildman–Crippen MR) is 131 cm³/mol. The summed E-state index contributed by atoms with van der Waals surface area (Å²) >= 11 is 0. The Morgan fingerprint density at radius 1 is 1.24 bits per heavy atom. The van der Waals surface area contributed by atoms with Gasteiger partial charge in [-0.1, -0.05) is 19.9 Å². The first-order valence-corrected chi connectivity index (χ1v) is 13.4. The molecule has 3 rings (SSSR count). The monoisotopic (exact) mass is 475 g/mol. The Bertz CT molecular complexity index is 1130. The van der Waals surface area contributed by atoms with E-state index in [0.29, 0.717) is 18.4 Å². The van der Waals surface area contributed by atoms with Crippen LogP contribution in [-0.2, 0) is 21.2 Å². The van der Waals surface area contributed by atoms with Gasteiger partial charge in [0, 0.05) is 31.1 Å². The third-order valence-corrected chi connectivity index (χ3v) is 7.02. The Hall–Kier alpha value is -2.48. The number of hydrogen-bond donors (Lipinski definition) is 1. The summed E-state index contributed by atoms with van der Waals surface area (Å²) in [7, 11) is -3.58. The molecule has 1 aliphatic rings. The van der Waals surface area contributed by atoms with E-state index >= 15 is 0 Å². The van der Waals surface area contributed by atoms with Crippen molar-refractivity contribution < 1.29 is 17.6 Å². The molecule has 6 nitrogen and oxygen atoms in total. The van der Waals surface area contributed by atoms with Crippen molar-refractivity contribution >= 4 is 27.3 Å². The number of ketones is 1. The van der Waals surface area contributed by atoms with Gasteiger partial charge in [0.1, 0.15) is 17.4 Å². The first kappa shape index (κ1) is 25.1. The summed E-state index contributed by atoms with van der Waals surface area (Å²) in [4.78, 5) is 20.1. The minimum absolute atomic E-state index is 0.0106. The lowest BCUT2D eigenvalue weighted by atomic mass is 9.91. The summed E-state index contributed by atoms with van der Waals surface area (Å²) in [5, 5.41) is 0. The van der Waals surface area contributed by atoms with E-state index in [4.69, 9.17) is 4.98 Å². The zero-order valence-electron chi connectivity index (χ0n) is 20.1. The fraction of sp³-hybridized carbons (Fsp3) is 0.520. The topological polar surface area (TPSA) is 79.4 Å². The maximum absolute atomic E-state index is 14.4. The molecular formula is C25H34FN3O3S. The average Bonchev–Trinajstić information content (AvgIpc) is 2.73. The van der Waals surface area contributed by atoms with E-state index in [-0.39, 0.29) is 11.5 Å². The summed E-state index contributed by atoms with van der Waals surface area (Å²) in [6, 6.07) is 6.24. The van der Waals surface area contributed by atoms with Crippen LogP contribution in [0.5, 0.6) is 0 Å². The van der Waals surface area contributed by atoms with Crippen molar-refractivity contribution in [1.29, 1.82) is 0 Å². The Morgan fingerprint density at radius 2 is 1.91 bits per heavy atom. The number of rotatable bonds is 8. The second-order valence-corrected chi connectivity index (χ2v) is 11.1. The molecule has 0 radical (unpaired) electrons. The van der Waals surface area contributed by atoms with Gasteiger partial charge >= 0.3 is 0 Å². The molecule has 2 heterocycles. The van der Waals surface area contributed by atoms with Crippen molar-refractivity contribution in [3.8, 4) is 0 Å². The van der Waals surface area contributed by atoms with E-state index in [1.165, 1.54) is 12.1 Å². The molecule has 1 aromatic heterocycles. The summed E-state index contributed by atoms with van der Waals surface area (Å²) in [6.45, 7) is 10.0. The molecule has 0 bridgehead atoms. The van der Waals surface area contributed by atoms with Gasteiger partial charge < -0.3 is 4.90 Å². The minimum Gasteiger partial charge on any atom is -0.356 e. The summed E-state index contributed by atoms with van der Waals surface area (Å²) in [5.74, 6) is 0.526. The molecule has 1 fully saturated rings. The molecule has 8 heteroatoms. The Balaban J connectivity index is 1.73. The highest BCUT2D eigenvalue weighted by Crippen LogP contribution is 2.30. The van der Waals surface area contributed by atoms with Gasteiger partial charge in [0.25, 0.3) is 0 Å². The lowest BCUT2D eigenvalue weighted by molar-refractivity contribution is -0.120. The van der Waals surface area contributed by atoms with Crippen LogP contribution < -0.4 is 9.62 Å². The zero-order valence-corrected chi connectivity index (χ0v) is 20.9. The first-order chi connectivity index (χ1) is 15.4. The molecule has 1 N–H and O–H groups in total. The molecule has 180 valence electrons. The molecule has 0 saturated carbocycles. The maximum atomic E-state index is 14.4. The van der Waals surface area contributed by atoms with Crippen molar-refractivity contribution in [3.63, 3.8) is 0 Å². The van der Waals surface area contributed by atoms with Gasteiger partial charge in [0.2, 0.25) is 10.0 Å². The number of aromatic nitrogens is 1. The predicted octanol–water partition coefficient (Wildman–Crippen LogP) is 4.75. The van der Waals surface area contributed by atoms with Crippen molar-refractivity contribution in [2.24, 2.45) is 5.92 Å². The SMILES string of the molecule is Cc1cc(C)c(CCC(=O)C(C)c2ccc(NS(C)(=O)=O)c(F)c2)c(N2CCC(C)CC2)n1. The number of sulfonamides is 1. The van der Waals surface area contributed by atoms with E-state index in [1.54, 1.807) is 13.0 Å². The molecule has 1 unspecified atom stereocenters. The molecule has 2 aromatic rings. The number of piperidine rings is 1. The highest BCUT2D eigenvalue weighted by molar-refractivity contribution is 7.92. The molecule has 1 aromatic carbocycles. The van der Waals surface area contributed by atoms with Crippen LogP contribution in [0.25, 0.3) is 0 Å². The Kier molecular flexibility index (Phi) is 7.77. The number of halogens is 1. The number of benzene rings is 1. The van der Waals surface area contributed by atoms with Crippen molar-refractivity contribution in [3.05, 3.63) is 52.5 Å². The number of aryl methyl sites for hydroxylation is 2. The largest absolute Gasteiger partial charge is 0.356 e. The van der Waals surface area contributed by atoms with E-state index < -0.39 is 21.8 Å². The molecule has 0 spiro atoms. The van der Waals surface area contributed by atoms with Crippen LogP contribution in [0.2, 0.25) is 0 Å². The fourth-order valence-electron chi connectivity index (χ4n) is 4.37. The van der Waals surface area contributed by atoms with Gasteiger partial charge in [-0.25, -0.2) is 17.8 Å². The highest BCUT2D eigenvalue weighted by atomic mass is 32.2. The van der Waals surface area contributed by atoms with Crippen LogP contribution in [0.15, 0.2) is 24.3 Å². The summed E-state index contributed by atoms with van der Waals surface area (Å²) in [6.07, 6.45) is 4.15. The van der Waals surface area contributed by atoms with E-state index in [9.17, 15) is 17.6 Å². The third kappa shape index (κ3) is 6.53. The van der Waals surface area contributed by atoms with Gasteiger partial charge in [0.05, 0.1) is 11.9 Å². The van der Waals surface area contributed by atoms with Crippen molar-refractivity contribution in [1.82, 2.24) is 4.98 Å². The van der Waals surface area contributed by atoms with E-state index in [2.05, 4.69) is 29.5 Å². The van der Waals surface area contributed by atoms with Gasteiger partial charge in [-0.2, -0.15) is 0 Å². The Labute approximate surface area is 196 Å². The van der Waals surface area contributed by atoms with Gasteiger partial charge in [-0.05, 0) is 73.9 Å². The summed E-state index contributed by atoms with van der Waals surface area (Å²) < 4.78 is 39.3. The average molecular weight is 476 g/mol. The standard InChI is InChI=1S/C25H34FN3O3S/c1-16-10-12-29(13-11-16)25-21(17(2)14-18(3)27-25)7-9-24(30)19(4)20-6-8-23(22(26)15-20)28-33(5,31)32/h6,8,14-16,19,28H,7,9-13H2,1-5H3. The van der Waals surface area contributed by atoms with Crippen molar-refractivity contribution in [2.75, 3.05) is 29.0 Å². The van der Waals surface area contributed by atoms with E-state index in [0.717, 1.165) is 60.7 Å². The number of carbonyl (C=O) groups excluding carboxylic acids is 1. The number of carbonyl (C=O) groups is 1. The smallest absolute Gasteiger partial charge is 0.229 e. The van der Waals surface area contributed by atoms with Crippen LogP contribution in [0.4, 0.5) is 15.9 Å². The molecule has 1 atom stereocenters. The first-order valence-electron chi connectivity index (χ1n) is 11.5. The highest BCUT2D eigenvalue weighted by Gasteiger charge is 2.23. The lowest BCUT2D eigenvalue weighted by Gasteiger charge is -2.33. The Morgan fingerprint density at radius 3 is 2.52 bits per heavy atom. The van der Waals surface area contributed by atoms with Crippen LogP contribution in [0.3, 0.4) is 0 Å². The minimum atomic E-state index is -3.58. The van der Waals surface area contributed by atoms with Gasteiger partial charge in [0.15, 0.2) is 0 Å². The number of Topliss-reactive ketones (excluding diaryl/α,β-unsaturated/α-hetero) is 1.